The fourth-order valence-corrected chi connectivity index (χ4v) is 5.91. The van der Waals surface area contributed by atoms with Gasteiger partial charge in [-0.15, -0.1) is 0 Å². The lowest BCUT2D eigenvalue weighted by atomic mass is 9.88. The quantitative estimate of drug-likeness (QED) is 0.717. The van der Waals surface area contributed by atoms with Gasteiger partial charge in [-0.05, 0) is 50.5 Å². The number of hydrogen-bond acceptors (Lipinski definition) is 4. The van der Waals surface area contributed by atoms with Crippen LogP contribution in [0, 0.1) is 6.92 Å². The first-order chi connectivity index (χ1) is 13.1. The largest absolute Gasteiger partial charge is 0.416 e. The molecule has 152 valence electrons. The Morgan fingerprint density at radius 2 is 2.00 bits per heavy atom. The maximum atomic E-state index is 13.4. The van der Waals surface area contributed by atoms with Gasteiger partial charge in [0.1, 0.15) is 0 Å². The van der Waals surface area contributed by atoms with E-state index in [0.717, 1.165) is 29.5 Å². The van der Waals surface area contributed by atoms with Crippen molar-refractivity contribution < 1.29 is 26.3 Å². The molecule has 0 radical (unpaired) electrons. The van der Waals surface area contributed by atoms with Crippen LogP contribution < -0.4 is 0 Å². The molecule has 1 aromatic carbocycles. The van der Waals surface area contributed by atoms with Gasteiger partial charge in [0.15, 0.2) is 9.84 Å². The van der Waals surface area contributed by atoms with Gasteiger partial charge in [-0.3, -0.25) is 4.98 Å². The van der Waals surface area contributed by atoms with Crippen molar-refractivity contribution in [2.24, 2.45) is 0 Å². The normalized spacial score (nSPS) is 23.5. The van der Waals surface area contributed by atoms with Gasteiger partial charge >= 0.3 is 6.18 Å². The van der Waals surface area contributed by atoms with Crippen molar-refractivity contribution in [1.29, 1.82) is 0 Å². The lowest BCUT2D eigenvalue weighted by molar-refractivity contribution is -0.137. The van der Waals surface area contributed by atoms with Crippen LogP contribution in [0.15, 0.2) is 47.5 Å². The molecule has 0 amide bonds. The molecule has 2 heterocycles. The van der Waals surface area contributed by atoms with E-state index < -0.39 is 32.4 Å². The van der Waals surface area contributed by atoms with Gasteiger partial charge < -0.3 is 4.74 Å². The second-order valence-corrected chi connectivity index (χ2v) is 9.40. The molecule has 0 saturated carbocycles. The molecule has 8 heteroatoms. The van der Waals surface area contributed by atoms with Crippen molar-refractivity contribution in [3.63, 3.8) is 0 Å². The van der Waals surface area contributed by atoms with Crippen molar-refractivity contribution in [2.75, 3.05) is 6.61 Å². The standard InChI is InChI=1S/C20H22F3NO3S/c1-3-19(9-11-27-18(13-19)17-8-5-10-24-14(17)2)28(25,26)16-7-4-6-15(12-16)20(21,22)23/h4-8,10,12,18H,3,9,11,13H2,1-2H3. The number of rotatable bonds is 4. The number of ether oxygens (including phenoxy) is 1. The molecule has 1 aromatic heterocycles. The Labute approximate surface area is 162 Å². The first kappa shape index (κ1) is 20.8. The Bertz CT molecular complexity index is 959. The number of aromatic nitrogens is 1. The third kappa shape index (κ3) is 3.67. The highest BCUT2D eigenvalue weighted by molar-refractivity contribution is 7.92. The summed E-state index contributed by atoms with van der Waals surface area (Å²) < 4.78 is 70.8. The highest BCUT2D eigenvalue weighted by atomic mass is 32.2. The number of aryl methyl sites for hydroxylation is 1. The van der Waals surface area contributed by atoms with E-state index >= 15 is 0 Å². The Morgan fingerprint density at radius 1 is 1.25 bits per heavy atom. The Balaban J connectivity index is 2.02. The zero-order chi connectivity index (χ0) is 20.6. The van der Waals surface area contributed by atoms with Gasteiger partial charge in [-0.2, -0.15) is 13.2 Å². The highest BCUT2D eigenvalue weighted by Gasteiger charge is 2.48. The average molecular weight is 413 g/mol. The predicted octanol–water partition coefficient (Wildman–Crippen LogP) is 4.88. The van der Waals surface area contributed by atoms with Crippen molar-refractivity contribution >= 4 is 9.84 Å². The summed E-state index contributed by atoms with van der Waals surface area (Å²) in [7, 11) is -4.01. The fourth-order valence-electron chi connectivity index (χ4n) is 3.77. The Kier molecular flexibility index (Phi) is 5.55. The van der Waals surface area contributed by atoms with Crippen molar-refractivity contribution in [1.82, 2.24) is 4.98 Å². The average Bonchev–Trinajstić information content (AvgIpc) is 2.67. The minimum absolute atomic E-state index is 0.175. The van der Waals surface area contributed by atoms with Gasteiger partial charge in [0, 0.05) is 24.1 Å². The summed E-state index contributed by atoms with van der Waals surface area (Å²) in [5.74, 6) is 0. The first-order valence-corrected chi connectivity index (χ1v) is 10.5. The van der Waals surface area contributed by atoms with Crippen LogP contribution in [0.25, 0.3) is 0 Å². The molecule has 0 aliphatic carbocycles. The fraction of sp³-hybridized carbons (Fsp3) is 0.450. The number of halogens is 3. The van der Waals surface area contributed by atoms with E-state index in [1.165, 1.54) is 6.07 Å². The highest BCUT2D eigenvalue weighted by Crippen LogP contribution is 2.45. The van der Waals surface area contributed by atoms with E-state index in [0.29, 0.717) is 0 Å². The van der Waals surface area contributed by atoms with E-state index in [1.54, 1.807) is 19.2 Å². The zero-order valence-electron chi connectivity index (χ0n) is 15.7. The summed E-state index contributed by atoms with van der Waals surface area (Å²) in [5, 5.41) is 0. The third-order valence-corrected chi connectivity index (χ3v) is 8.19. The van der Waals surface area contributed by atoms with Crippen molar-refractivity contribution in [2.45, 2.75) is 55.0 Å². The molecule has 4 nitrogen and oxygen atoms in total. The summed E-state index contributed by atoms with van der Waals surface area (Å²) in [6.45, 7) is 3.79. The number of sulfone groups is 1. The van der Waals surface area contributed by atoms with Crippen LogP contribution in [-0.2, 0) is 20.8 Å². The predicted molar refractivity (Wildman–Crippen MR) is 98.6 cm³/mol. The number of hydrogen-bond donors (Lipinski definition) is 0. The van der Waals surface area contributed by atoms with E-state index in [1.807, 2.05) is 13.0 Å². The van der Waals surface area contributed by atoms with Crippen molar-refractivity contribution in [3.8, 4) is 0 Å². The van der Waals surface area contributed by atoms with E-state index in [4.69, 9.17) is 4.74 Å². The second kappa shape index (κ2) is 7.48. The molecule has 1 aliphatic rings. The molecule has 2 unspecified atom stereocenters. The number of benzene rings is 1. The molecule has 28 heavy (non-hydrogen) atoms. The van der Waals surface area contributed by atoms with Crippen LogP contribution >= 0.6 is 0 Å². The molecule has 2 atom stereocenters. The number of alkyl halides is 3. The van der Waals surface area contributed by atoms with Crippen LogP contribution in [-0.4, -0.2) is 24.8 Å². The Morgan fingerprint density at radius 3 is 2.64 bits per heavy atom. The minimum atomic E-state index is -4.60. The van der Waals surface area contributed by atoms with Gasteiger partial charge in [0.2, 0.25) is 0 Å². The molecule has 1 saturated heterocycles. The summed E-state index contributed by atoms with van der Waals surface area (Å²) in [6.07, 6.45) is -2.73. The molecular weight excluding hydrogens is 391 g/mol. The summed E-state index contributed by atoms with van der Waals surface area (Å²) in [5.41, 5.74) is 0.585. The van der Waals surface area contributed by atoms with Crippen LogP contribution in [0.5, 0.6) is 0 Å². The third-order valence-electron chi connectivity index (χ3n) is 5.51. The minimum Gasteiger partial charge on any atom is -0.373 e. The number of pyridine rings is 1. The smallest absolute Gasteiger partial charge is 0.373 e. The SMILES string of the molecule is CCC1(S(=O)(=O)c2cccc(C(F)(F)F)c2)CCOC(c2cccnc2C)C1. The molecule has 2 aromatic rings. The van der Waals surface area contributed by atoms with Gasteiger partial charge in [0.25, 0.3) is 0 Å². The first-order valence-electron chi connectivity index (χ1n) is 9.06. The summed E-state index contributed by atoms with van der Waals surface area (Å²) in [6, 6.07) is 7.59. The Hall–Kier alpha value is -1.93. The maximum absolute atomic E-state index is 13.4. The van der Waals surface area contributed by atoms with Crippen LogP contribution in [0.4, 0.5) is 13.2 Å². The van der Waals surface area contributed by atoms with Crippen LogP contribution in [0.2, 0.25) is 0 Å². The molecule has 1 aliphatic heterocycles. The van der Waals surface area contributed by atoms with E-state index in [-0.39, 0.29) is 30.8 Å². The molecule has 1 fully saturated rings. The molecule has 0 N–H and O–H groups in total. The summed E-state index contributed by atoms with van der Waals surface area (Å²) in [4.78, 5) is 3.93. The zero-order valence-corrected chi connectivity index (χ0v) is 16.5. The molecule has 0 bridgehead atoms. The van der Waals surface area contributed by atoms with Gasteiger partial charge in [-0.25, -0.2) is 8.42 Å². The van der Waals surface area contributed by atoms with Gasteiger partial charge in [0.05, 0.1) is 21.3 Å². The molecular formula is C20H22F3NO3S. The van der Waals surface area contributed by atoms with Gasteiger partial charge in [-0.1, -0.05) is 19.1 Å². The molecule has 3 rings (SSSR count). The lowest BCUT2D eigenvalue weighted by Crippen LogP contribution is -2.44. The number of nitrogens with zero attached hydrogens (tertiary/aromatic N) is 1. The van der Waals surface area contributed by atoms with Crippen molar-refractivity contribution in [3.05, 3.63) is 59.4 Å². The lowest BCUT2D eigenvalue weighted by Gasteiger charge is -2.40. The topological polar surface area (TPSA) is 56.3 Å². The van der Waals surface area contributed by atoms with Crippen LogP contribution in [0.1, 0.15) is 49.1 Å². The van der Waals surface area contributed by atoms with Crippen LogP contribution in [0.3, 0.4) is 0 Å². The van der Waals surface area contributed by atoms with E-state index in [2.05, 4.69) is 4.98 Å². The maximum Gasteiger partial charge on any atom is 0.416 e. The monoisotopic (exact) mass is 413 g/mol. The molecule has 0 spiro atoms. The second-order valence-electron chi connectivity index (χ2n) is 7.06. The van der Waals surface area contributed by atoms with E-state index in [9.17, 15) is 21.6 Å². The summed E-state index contributed by atoms with van der Waals surface area (Å²) >= 11 is 0.